The molecular formula is C14H11ClN2O2S. The maximum Gasteiger partial charge on any atom is 0.250 e. The fraction of sp³-hybridized carbons (Fsp3) is 0.143. The SMILES string of the molecule is CCc1cc(Oc2nc3sccn3c2C=O)ccc1Cl. The van der Waals surface area contributed by atoms with E-state index >= 15 is 0 Å². The number of nitrogens with zero attached hydrogens (tertiary/aromatic N) is 2. The van der Waals surface area contributed by atoms with Gasteiger partial charge in [-0.05, 0) is 30.2 Å². The molecule has 0 saturated heterocycles. The topological polar surface area (TPSA) is 43.6 Å². The van der Waals surface area contributed by atoms with Gasteiger partial charge in [-0.3, -0.25) is 9.20 Å². The number of benzene rings is 1. The molecule has 0 bridgehead atoms. The van der Waals surface area contributed by atoms with Crippen LogP contribution in [-0.4, -0.2) is 15.7 Å². The minimum Gasteiger partial charge on any atom is -0.437 e. The Kier molecular flexibility index (Phi) is 3.46. The van der Waals surface area contributed by atoms with Crippen molar-refractivity contribution in [2.45, 2.75) is 13.3 Å². The Morgan fingerprint density at radius 1 is 1.50 bits per heavy atom. The first-order valence-electron chi connectivity index (χ1n) is 6.10. The summed E-state index contributed by atoms with van der Waals surface area (Å²) in [5.41, 5.74) is 1.41. The summed E-state index contributed by atoms with van der Waals surface area (Å²) in [6, 6.07) is 5.42. The lowest BCUT2D eigenvalue weighted by atomic mass is 10.1. The summed E-state index contributed by atoms with van der Waals surface area (Å²) >= 11 is 7.53. The van der Waals surface area contributed by atoms with Crippen molar-refractivity contribution < 1.29 is 9.53 Å². The summed E-state index contributed by atoms with van der Waals surface area (Å²) in [5.74, 6) is 0.941. The molecule has 0 unspecified atom stereocenters. The molecule has 0 amide bonds. The lowest BCUT2D eigenvalue weighted by Gasteiger charge is -2.06. The van der Waals surface area contributed by atoms with Gasteiger partial charge in [0.05, 0.1) is 0 Å². The Morgan fingerprint density at radius 2 is 2.35 bits per heavy atom. The van der Waals surface area contributed by atoms with Gasteiger partial charge in [-0.25, -0.2) is 0 Å². The number of carbonyl (C=O) groups is 1. The Balaban J connectivity index is 2.00. The predicted octanol–water partition coefficient (Wildman–Crippen LogP) is 4.22. The van der Waals surface area contributed by atoms with E-state index in [1.54, 1.807) is 22.7 Å². The monoisotopic (exact) mass is 306 g/mol. The highest BCUT2D eigenvalue weighted by atomic mass is 35.5. The van der Waals surface area contributed by atoms with E-state index < -0.39 is 0 Å². The Morgan fingerprint density at radius 3 is 3.10 bits per heavy atom. The van der Waals surface area contributed by atoms with Gasteiger partial charge >= 0.3 is 0 Å². The number of aromatic nitrogens is 2. The van der Waals surface area contributed by atoms with Gasteiger partial charge in [0.25, 0.3) is 0 Å². The van der Waals surface area contributed by atoms with E-state index in [1.807, 2.05) is 18.4 Å². The van der Waals surface area contributed by atoms with Crippen LogP contribution in [0.2, 0.25) is 5.02 Å². The maximum absolute atomic E-state index is 11.2. The first kappa shape index (κ1) is 13.1. The van der Waals surface area contributed by atoms with Gasteiger partial charge in [0.1, 0.15) is 5.75 Å². The van der Waals surface area contributed by atoms with Crippen LogP contribution >= 0.6 is 22.9 Å². The largest absolute Gasteiger partial charge is 0.437 e. The number of ether oxygens (including phenoxy) is 1. The smallest absolute Gasteiger partial charge is 0.250 e. The van der Waals surface area contributed by atoms with E-state index in [4.69, 9.17) is 16.3 Å². The van der Waals surface area contributed by atoms with Gasteiger partial charge < -0.3 is 4.74 Å². The van der Waals surface area contributed by atoms with Crippen LogP contribution in [-0.2, 0) is 6.42 Å². The Labute approximate surface area is 124 Å². The van der Waals surface area contributed by atoms with Crippen molar-refractivity contribution in [2.24, 2.45) is 0 Å². The highest BCUT2D eigenvalue weighted by Gasteiger charge is 2.15. The van der Waals surface area contributed by atoms with Crippen LogP contribution in [0.15, 0.2) is 29.8 Å². The van der Waals surface area contributed by atoms with Gasteiger partial charge in [0, 0.05) is 16.6 Å². The van der Waals surface area contributed by atoms with E-state index in [0.717, 1.165) is 23.2 Å². The number of fused-ring (bicyclic) bond motifs is 1. The lowest BCUT2D eigenvalue weighted by Crippen LogP contribution is -1.93. The number of hydrogen-bond acceptors (Lipinski definition) is 4. The number of aldehydes is 1. The predicted molar refractivity (Wildman–Crippen MR) is 79.4 cm³/mol. The van der Waals surface area contributed by atoms with Gasteiger partial charge in [0.15, 0.2) is 16.9 Å². The van der Waals surface area contributed by atoms with Gasteiger partial charge in [-0.15, -0.1) is 11.3 Å². The minimum absolute atomic E-state index is 0.316. The normalized spacial score (nSPS) is 10.9. The number of carbonyl (C=O) groups excluding carboxylic acids is 1. The molecule has 2 aromatic heterocycles. The second-order valence-corrected chi connectivity index (χ2v) is 5.46. The van der Waals surface area contributed by atoms with Crippen LogP contribution in [0.1, 0.15) is 23.0 Å². The fourth-order valence-electron chi connectivity index (χ4n) is 1.96. The third-order valence-electron chi connectivity index (χ3n) is 2.99. The van der Waals surface area contributed by atoms with Crippen LogP contribution in [0, 0.1) is 0 Å². The average Bonchev–Trinajstić information content (AvgIpc) is 3.01. The van der Waals surface area contributed by atoms with Crippen LogP contribution in [0.5, 0.6) is 11.6 Å². The van der Waals surface area contributed by atoms with Crippen molar-refractivity contribution >= 4 is 34.2 Å². The van der Waals surface area contributed by atoms with Crippen molar-refractivity contribution in [3.8, 4) is 11.6 Å². The van der Waals surface area contributed by atoms with Gasteiger partial charge in [0.2, 0.25) is 5.88 Å². The molecule has 2 heterocycles. The summed E-state index contributed by atoms with van der Waals surface area (Å²) in [6.45, 7) is 2.02. The van der Waals surface area contributed by atoms with Crippen LogP contribution in [0.25, 0.3) is 4.96 Å². The third-order valence-corrected chi connectivity index (χ3v) is 4.11. The molecule has 0 aliphatic heterocycles. The molecular weight excluding hydrogens is 296 g/mol. The fourth-order valence-corrected chi connectivity index (χ4v) is 2.93. The highest BCUT2D eigenvalue weighted by molar-refractivity contribution is 7.15. The standard InChI is InChI=1S/C14H11ClN2O2S/c1-2-9-7-10(3-4-11(9)15)19-13-12(8-18)17-5-6-20-14(17)16-13/h3-8H,2H2,1H3. The van der Waals surface area contributed by atoms with E-state index in [-0.39, 0.29) is 0 Å². The van der Waals surface area contributed by atoms with Crippen molar-refractivity contribution in [3.63, 3.8) is 0 Å². The highest BCUT2D eigenvalue weighted by Crippen LogP contribution is 2.29. The average molecular weight is 307 g/mol. The van der Waals surface area contributed by atoms with Crippen LogP contribution in [0.4, 0.5) is 0 Å². The summed E-state index contributed by atoms with van der Waals surface area (Å²) in [5, 5.41) is 2.58. The summed E-state index contributed by atoms with van der Waals surface area (Å²) < 4.78 is 7.44. The molecule has 6 heteroatoms. The molecule has 4 nitrogen and oxygen atoms in total. The number of rotatable bonds is 4. The first-order chi connectivity index (χ1) is 9.72. The summed E-state index contributed by atoms with van der Waals surface area (Å²) in [6.07, 6.45) is 3.36. The molecule has 0 radical (unpaired) electrons. The molecule has 3 aromatic rings. The summed E-state index contributed by atoms with van der Waals surface area (Å²) in [7, 11) is 0. The molecule has 1 aromatic carbocycles. The number of halogens is 1. The summed E-state index contributed by atoms with van der Waals surface area (Å²) in [4.78, 5) is 16.3. The van der Waals surface area contributed by atoms with E-state index in [1.165, 1.54) is 11.3 Å². The van der Waals surface area contributed by atoms with Crippen LogP contribution < -0.4 is 4.74 Å². The zero-order valence-corrected chi connectivity index (χ0v) is 12.2. The van der Waals surface area contributed by atoms with Crippen LogP contribution in [0.3, 0.4) is 0 Å². The third kappa shape index (κ3) is 2.19. The minimum atomic E-state index is 0.316. The van der Waals surface area contributed by atoms with Gasteiger partial charge in [-0.1, -0.05) is 18.5 Å². The molecule has 102 valence electrons. The molecule has 0 aliphatic rings. The molecule has 20 heavy (non-hydrogen) atoms. The van der Waals surface area contributed by atoms with E-state index in [9.17, 15) is 4.79 Å². The molecule has 0 atom stereocenters. The van der Waals surface area contributed by atoms with E-state index in [0.29, 0.717) is 22.3 Å². The van der Waals surface area contributed by atoms with Crippen molar-refractivity contribution in [1.82, 2.24) is 9.38 Å². The number of imidazole rings is 1. The zero-order chi connectivity index (χ0) is 14.1. The Hall–Kier alpha value is -1.85. The molecule has 0 N–H and O–H groups in total. The second-order valence-electron chi connectivity index (χ2n) is 4.18. The molecule has 0 fully saturated rings. The number of thiazole rings is 1. The Bertz CT molecular complexity index is 779. The maximum atomic E-state index is 11.2. The molecule has 3 rings (SSSR count). The quantitative estimate of drug-likeness (QED) is 0.678. The van der Waals surface area contributed by atoms with E-state index in [2.05, 4.69) is 4.98 Å². The number of hydrogen-bond donors (Lipinski definition) is 0. The second kappa shape index (κ2) is 5.26. The molecule has 0 saturated carbocycles. The number of aryl methyl sites for hydroxylation is 1. The first-order valence-corrected chi connectivity index (χ1v) is 7.35. The molecule has 0 aliphatic carbocycles. The lowest BCUT2D eigenvalue weighted by molar-refractivity contribution is 0.111. The zero-order valence-electron chi connectivity index (χ0n) is 10.7. The van der Waals surface area contributed by atoms with Gasteiger partial charge in [-0.2, -0.15) is 4.98 Å². The van der Waals surface area contributed by atoms with Crippen molar-refractivity contribution in [1.29, 1.82) is 0 Å². The van der Waals surface area contributed by atoms with Crippen molar-refractivity contribution in [2.75, 3.05) is 0 Å². The molecule has 0 spiro atoms. The van der Waals surface area contributed by atoms with Crippen molar-refractivity contribution in [3.05, 3.63) is 46.1 Å².